The number of hydrogen-bond acceptors (Lipinski definition) is 7. The highest BCUT2D eigenvalue weighted by Crippen LogP contribution is 2.15. The number of rotatable bonds is 5. The van der Waals surface area contributed by atoms with E-state index in [1.165, 1.54) is 19.2 Å². The van der Waals surface area contributed by atoms with Gasteiger partial charge in [0.2, 0.25) is 5.96 Å². The zero-order valence-corrected chi connectivity index (χ0v) is 13.3. The molecule has 3 N–H and O–H groups in total. The fourth-order valence-corrected chi connectivity index (χ4v) is 2.97. The molecule has 0 unspecified atom stereocenters. The van der Waals surface area contributed by atoms with Gasteiger partial charge >= 0.3 is 0 Å². The summed E-state index contributed by atoms with van der Waals surface area (Å²) >= 11 is 0. The zero-order chi connectivity index (χ0) is 16.2. The van der Waals surface area contributed by atoms with E-state index in [-0.39, 0.29) is 10.9 Å². The smallest absolute Gasteiger partial charge is 0.264 e. The molecule has 22 heavy (non-hydrogen) atoms. The SMILES string of the molecule is COc1ccc(S(=O)(=O)NC2=NCN(C[C@H](C)O)CN2)cc1. The van der Waals surface area contributed by atoms with E-state index in [0.717, 1.165) is 0 Å². The summed E-state index contributed by atoms with van der Waals surface area (Å²) in [5, 5.41) is 12.2. The van der Waals surface area contributed by atoms with E-state index in [9.17, 15) is 13.5 Å². The molecule has 8 nitrogen and oxygen atoms in total. The van der Waals surface area contributed by atoms with Crippen LogP contribution < -0.4 is 14.8 Å². The lowest BCUT2D eigenvalue weighted by Crippen LogP contribution is -2.51. The fraction of sp³-hybridized carbons (Fsp3) is 0.462. The van der Waals surface area contributed by atoms with Crippen LogP contribution in [0.5, 0.6) is 5.75 Å². The summed E-state index contributed by atoms with van der Waals surface area (Å²) in [5.74, 6) is 0.776. The number of ether oxygens (including phenoxy) is 1. The molecule has 0 radical (unpaired) electrons. The molecule has 0 saturated carbocycles. The first-order valence-corrected chi connectivity index (χ1v) is 8.24. The molecule has 122 valence electrons. The van der Waals surface area contributed by atoms with Gasteiger partial charge in [-0.2, -0.15) is 0 Å². The van der Waals surface area contributed by atoms with Gasteiger partial charge in [-0.05, 0) is 31.2 Å². The summed E-state index contributed by atoms with van der Waals surface area (Å²) in [6.45, 7) is 2.88. The van der Waals surface area contributed by atoms with Gasteiger partial charge in [0.15, 0.2) is 0 Å². The Bertz CT molecular complexity index is 628. The first kappa shape index (κ1) is 16.5. The largest absolute Gasteiger partial charge is 0.497 e. The number of guanidine groups is 1. The third kappa shape index (κ3) is 4.33. The highest BCUT2D eigenvalue weighted by molar-refractivity contribution is 7.90. The first-order chi connectivity index (χ1) is 10.4. The van der Waals surface area contributed by atoms with Crippen LogP contribution in [0, 0.1) is 0 Å². The number of methoxy groups -OCH3 is 1. The van der Waals surface area contributed by atoms with Crippen LogP contribution in [0.2, 0.25) is 0 Å². The molecule has 0 fully saturated rings. The Hall–Kier alpha value is -1.84. The van der Waals surface area contributed by atoms with Crippen molar-refractivity contribution in [2.75, 3.05) is 27.0 Å². The Balaban J connectivity index is 2.01. The summed E-state index contributed by atoms with van der Waals surface area (Å²) < 4.78 is 31.9. The van der Waals surface area contributed by atoms with Gasteiger partial charge in [-0.3, -0.25) is 4.90 Å². The van der Waals surface area contributed by atoms with Crippen molar-refractivity contribution in [2.24, 2.45) is 4.99 Å². The van der Waals surface area contributed by atoms with Gasteiger partial charge in [0, 0.05) is 6.54 Å². The predicted octanol–water partition coefficient (Wildman–Crippen LogP) is -0.469. The van der Waals surface area contributed by atoms with Crippen LogP contribution in [0.4, 0.5) is 0 Å². The Kier molecular flexibility index (Phi) is 5.22. The van der Waals surface area contributed by atoms with E-state index in [1.807, 2.05) is 4.90 Å². The van der Waals surface area contributed by atoms with Crippen molar-refractivity contribution in [3.8, 4) is 5.75 Å². The molecule has 0 amide bonds. The van der Waals surface area contributed by atoms with Gasteiger partial charge in [0.05, 0.1) is 31.4 Å². The topological polar surface area (TPSA) is 103 Å². The van der Waals surface area contributed by atoms with Crippen LogP contribution in [0.3, 0.4) is 0 Å². The zero-order valence-electron chi connectivity index (χ0n) is 12.5. The minimum Gasteiger partial charge on any atom is -0.497 e. The molecular formula is C13H20N4O4S. The molecule has 1 aromatic rings. The predicted molar refractivity (Wildman–Crippen MR) is 82.0 cm³/mol. The van der Waals surface area contributed by atoms with E-state index in [0.29, 0.717) is 25.6 Å². The molecule has 1 aliphatic heterocycles. The quantitative estimate of drug-likeness (QED) is 0.675. The second-order valence-electron chi connectivity index (χ2n) is 4.97. The summed E-state index contributed by atoms with van der Waals surface area (Å²) in [7, 11) is -2.18. The molecule has 0 spiro atoms. The molecule has 1 atom stereocenters. The van der Waals surface area contributed by atoms with E-state index in [1.54, 1.807) is 19.1 Å². The summed E-state index contributed by atoms with van der Waals surface area (Å²) in [6.07, 6.45) is -0.463. The molecule has 1 aromatic carbocycles. The minimum absolute atomic E-state index is 0.129. The Morgan fingerprint density at radius 3 is 2.64 bits per heavy atom. The Morgan fingerprint density at radius 1 is 1.45 bits per heavy atom. The van der Waals surface area contributed by atoms with Gasteiger partial charge in [0.25, 0.3) is 10.0 Å². The van der Waals surface area contributed by atoms with Crippen molar-refractivity contribution in [3.05, 3.63) is 24.3 Å². The number of sulfonamides is 1. The molecule has 0 aliphatic carbocycles. The molecule has 0 bridgehead atoms. The molecule has 0 aromatic heterocycles. The number of β-amino-alcohol motifs (C(OH)–C–C–N with tert-alkyl or cyclic N) is 1. The highest BCUT2D eigenvalue weighted by Gasteiger charge is 2.19. The summed E-state index contributed by atoms with van der Waals surface area (Å²) in [4.78, 5) is 6.10. The van der Waals surface area contributed by atoms with Crippen LogP contribution in [-0.4, -0.2) is 57.5 Å². The normalized spacial score (nSPS) is 17.3. The maximum absolute atomic E-state index is 12.2. The van der Waals surface area contributed by atoms with Crippen molar-refractivity contribution >= 4 is 16.0 Å². The lowest BCUT2D eigenvalue weighted by atomic mass is 10.3. The van der Waals surface area contributed by atoms with Crippen LogP contribution in [-0.2, 0) is 10.0 Å². The van der Waals surface area contributed by atoms with Crippen molar-refractivity contribution in [2.45, 2.75) is 17.9 Å². The molecule has 1 heterocycles. The molecule has 9 heteroatoms. The maximum atomic E-state index is 12.2. The monoisotopic (exact) mass is 328 g/mol. The average Bonchev–Trinajstić information content (AvgIpc) is 2.48. The van der Waals surface area contributed by atoms with Gasteiger partial charge in [0.1, 0.15) is 5.75 Å². The Labute approximate surface area is 129 Å². The van der Waals surface area contributed by atoms with Crippen molar-refractivity contribution in [1.29, 1.82) is 0 Å². The van der Waals surface area contributed by atoms with Crippen LogP contribution in [0.15, 0.2) is 34.2 Å². The van der Waals surface area contributed by atoms with Gasteiger partial charge in [-0.25, -0.2) is 18.1 Å². The highest BCUT2D eigenvalue weighted by atomic mass is 32.2. The molecule has 0 saturated heterocycles. The van der Waals surface area contributed by atoms with Gasteiger partial charge in [-0.15, -0.1) is 0 Å². The number of benzene rings is 1. The van der Waals surface area contributed by atoms with Crippen LogP contribution >= 0.6 is 0 Å². The van der Waals surface area contributed by atoms with Crippen molar-refractivity contribution < 1.29 is 18.3 Å². The van der Waals surface area contributed by atoms with E-state index in [2.05, 4.69) is 15.0 Å². The molecule has 2 rings (SSSR count). The van der Waals surface area contributed by atoms with Crippen molar-refractivity contribution in [1.82, 2.24) is 14.9 Å². The number of aliphatic hydroxyl groups excluding tert-OH is 1. The fourth-order valence-electron chi connectivity index (χ4n) is 1.97. The lowest BCUT2D eigenvalue weighted by Gasteiger charge is -2.27. The maximum Gasteiger partial charge on any atom is 0.264 e. The number of nitrogens with one attached hydrogen (secondary N) is 2. The Morgan fingerprint density at radius 2 is 2.14 bits per heavy atom. The van der Waals surface area contributed by atoms with E-state index < -0.39 is 16.1 Å². The lowest BCUT2D eigenvalue weighted by molar-refractivity contribution is 0.123. The number of aliphatic imine (C=N–C) groups is 1. The van der Waals surface area contributed by atoms with Crippen LogP contribution in [0.1, 0.15) is 6.92 Å². The standard InChI is InChI=1S/C13H20N4O4S/c1-10(18)7-17-8-14-13(15-9-17)16-22(19,20)12-5-3-11(21-2)4-6-12/h3-6,10,18H,7-9H2,1-2H3,(H2,14,15,16)/t10-/m0/s1. The third-order valence-electron chi connectivity index (χ3n) is 3.02. The number of nitrogens with zero attached hydrogens (tertiary/aromatic N) is 2. The molecular weight excluding hydrogens is 308 g/mol. The van der Waals surface area contributed by atoms with Crippen molar-refractivity contribution in [3.63, 3.8) is 0 Å². The second-order valence-corrected chi connectivity index (χ2v) is 6.65. The average molecular weight is 328 g/mol. The van der Waals surface area contributed by atoms with Gasteiger partial charge < -0.3 is 15.2 Å². The third-order valence-corrected chi connectivity index (χ3v) is 4.38. The molecule has 1 aliphatic rings. The van der Waals surface area contributed by atoms with Crippen LogP contribution in [0.25, 0.3) is 0 Å². The van der Waals surface area contributed by atoms with E-state index in [4.69, 9.17) is 4.74 Å². The number of aliphatic hydroxyl groups is 1. The van der Waals surface area contributed by atoms with Gasteiger partial charge in [-0.1, -0.05) is 0 Å². The number of hydrogen-bond donors (Lipinski definition) is 3. The minimum atomic E-state index is -3.69. The summed E-state index contributed by atoms with van der Waals surface area (Å²) in [6, 6.07) is 6.08. The second kappa shape index (κ2) is 6.95. The van der Waals surface area contributed by atoms with E-state index >= 15 is 0 Å². The summed E-state index contributed by atoms with van der Waals surface area (Å²) in [5.41, 5.74) is 0. The first-order valence-electron chi connectivity index (χ1n) is 6.76.